The van der Waals surface area contributed by atoms with Gasteiger partial charge in [-0.25, -0.2) is 0 Å². The molecule has 1 aromatic rings. The standard InChI is InChI=1S/C18H36O2.C9H13N/c1-3-4-5-6-7-8-9-10-11-12-13-14-15-16-17-20-18(2)19;1-10(2)8-9-6-4-3-5-7-9/h3-17H2,1-2H3;3-7H,8H2,1-2H3. The van der Waals surface area contributed by atoms with Gasteiger partial charge in [-0.2, -0.15) is 0 Å². The van der Waals surface area contributed by atoms with E-state index in [1.54, 1.807) is 0 Å². The second kappa shape index (κ2) is 22.3. The molecule has 0 aromatic heterocycles. The first-order chi connectivity index (χ1) is 14.6. The molecule has 3 heteroatoms. The number of benzene rings is 1. The number of unbranched alkanes of at least 4 members (excludes halogenated alkanes) is 13. The van der Waals surface area contributed by atoms with Crippen LogP contribution in [0.25, 0.3) is 0 Å². The van der Waals surface area contributed by atoms with Crippen LogP contribution in [0.15, 0.2) is 30.3 Å². The van der Waals surface area contributed by atoms with Crippen LogP contribution in [0.3, 0.4) is 0 Å². The Balaban J connectivity index is 0.000000696. The van der Waals surface area contributed by atoms with Crippen LogP contribution in [0.4, 0.5) is 0 Å². The highest BCUT2D eigenvalue weighted by atomic mass is 16.5. The molecule has 0 heterocycles. The largest absolute Gasteiger partial charge is 0.466 e. The maximum absolute atomic E-state index is 10.6. The molecule has 0 saturated heterocycles. The van der Waals surface area contributed by atoms with Gasteiger partial charge in [0.25, 0.3) is 0 Å². The lowest BCUT2D eigenvalue weighted by atomic mass is 10.0. The van der Waals surface area contributed by atoms with E-state index in [4.69, 9.17) is 4.74 Å². The molecule has 0 amide bonds. The van der Waals surface area contributed by atoms with Crippen molar-refractivity contribution in [2.75, 3.05) is 20.7 Å². The minimum Gasteiger partial charge on any atom is -0.466 e. The van der Waals surface area contributed by atoms with Crippen LogP contribution >= 0.6 is 0 Å². The van der Waals surface area contributed by atoms with E-state index >= 15 is 0 Å². The Kier molecular flexibility index (Phi) is 21.3. The second-order valence-corrected chi connectivity index (χ2v) is 8.66. The van der Waals surface area contributed by atoms with E-state index in [9.17, 15) is 4.79 Å². The van der Waals surface area contributed by atoms with Crippen molar-refractivity contribution < 1.29 is 9.53 Å². The summed E-state index contributed by atoms with van der Waals surface area (Å²) in [6.07, 6.45) is 19.0. The van der Waals surface area contributed by atoms with E-state index in [2.05, 4.69) is 50.2 Å². The predicted molar refractivity (Wildman–Crippen MR) is 131 cm³/mol. The first-order valence-corrected chi connectivity index (χ1v) is 12.4. The van der Waals surface area contributed by atoms with Gasteiger partial charge in [-0.1, -0.05) is 121 Å². The molecule has 0 bridgehead atoms. The van der Waals surface area contributed by atoms with Crippen LogP contribution in [0.5, 0.6) is 0 Å². The Morgan fingerprint density at radius 2 is 1.17 bits per heavy atom. The van der Waals surface area contributed by atoms with Gasteiger partial charge in [0.05, 0.1) is 6.61 Å². The maximum Gasteiger partial charge on any atom is 0.302 e. The molecule has 1 rings (SSSR count). The molecule has 0 spiro atoms. The minimum absolute atomic E-state index is 0.153. The monoisotopic (exact) mass is 419 g/mol. The van der Waals surface area contributed by atoms with Crippen molar-refractivity contribution in [1.29, 1.82) is 0 Å². The Morgan fingerprint density at radius 1 is 0.733 bits per heavy atom. The average Bonchev–Trinajstić information content (AvgIpc) is 2.71. The second-order valence-electron chi connectivity index (χ2n) is 8.66. The Bertz CT molecular complexity index is 473. The lowest BCUT2D eigenvalue weighted by Gasteiger charge is -2.08. The quantitative estimate of drug-likeness (QED) is 0.191. The minimum atomic E-state index is -0.153. The molecule has 3 nitrogen and oxygen atoms in total. The molecular formula is C27H49NO2. The summed E-state index contributed by atoms with van der Waals surface area (Å²) in [4.78, 5) is 12.7. The van der Waals surface area contributed by atoms with E-state index < -0.39 is 0 Å². The van der Waals surface area contributed by atoms with Gasteiger partial charge in [0, 0.05) is 13.5 Å². The molecule has 174 valence electrons. The lowest BCUT2D eigenvalue weighted by molar-refractivity contribution is -0.141. The van der Waals surface area contributed by atoms with Crippen molar-refractivity contribution >= 4 is 5.97 Å². The third kappa shape index (κ3) is 22.9. The Labute approximate surface area is 187 Å². The number of ether oxygens (including phenoxy) is 1. The van der Waals surface area contributed by atoms with Gasteiger partial charge >= 0.3 is 5.97 Å². The molecule has 0 saturated carbocycles. The first kappa shape index (κ1) is 28.6. The molecule has 0 radical (unpaired) electrons. The summed E-state index contributed by atoms with van der Waals surface area (Å²) in [6, 6.07) is 10.5. The highest BCUT2D eigenvalue weighted by Gasteiger charge is 1.95. The zero-order valence-electron chi connectivity index (χ0n) is 20.5. The number of carbonyl (C=O) groups is 1. The molecule has 0 fully saturated rings. The zero-order valence-corrected chi connectivity index (χ0v) is 20.5. The summed E-state index contributed by atoms with van der Waals surface area (Å²) in [5, 5.41) is 0. The van der Waals surface area contributed by atoms with Crippen molar-refractivity contribution in [2.45, 2.75) is 110 Å². The number of esters is 1. The van der Waals surface area contributed by atoms with E-state index in [1.165, 1.54) is 96.0 Å². The van der Waals surface area contributed by atoms with Crippen LogP contribution in [0, 0.1) is 0 Å². The van der Waals surface area contributed by atoms with Crippen LogP contribution in [-0.4, -0.2) is 31.6 Å². The fourth-order valence-corrected chi connectivity index (χ4v) is 3.46. The zero-order chi connectivity index (χ0) is 22.3. The SMILES string of the molecule is CCCCCCCCCCCCCCCCOC(C)=O.CN(C)Cc1ccccc1. The summed E-state index contributed by atoms with van der Waals surface area (Å²) in [5.41, 5.74) is 1.37. The molecule has 0 unspecified atom stereocenters. The van der Waals surface area contributed by atoms with E-state index in [0.29, 0.717) is 6.61 Å². The molecular weight excluding hydrogens is 370 g/mol. The van der Waals surface area contributed by atoms with Gasteiger partial charge in [-0.15, -0.1) is 0 Å². The van der Waals surface area contributed by atoms with E-state index in [0.717, 1.165) is 13.0 Å². The van der Waals surface area contributed by atoms with Crippen molar-refractivity contribution in [3.8, 4) is 0 Å². The summed E-state index contributed by atoms with van der Waals surface area (Å²) >= 11 is 0. The summed E-state index contributed by atoms with van der Waals surface area (Å²) in [6.45, 7) is 5.38. The van der Waals surface area contributed by atoms with Gasteiger partial charge in [0.2, 0.25) is 0 Å². The normalized spacial score (nSPS) is 10.6. The highest BCUT2D eigenvalue weighted by molar-refractivity contribution is 5.65. The fraction of sp³-hybridized carbons (Fsp3) is 0.741. The van der Waals surface area contributed by atoms with E-state index in [-0.39, 0.29) is 5.97 Å². The first-order valence-electron chi connectivity index (χ1n) is 12.4. The van der Waals surface area contributed by atoms with Crippen molar-refractivity contribution in [3.63, 3.8) is 0 Å². The maximum atomic E-state index is 10.6. The van der Waals surface area contributed by atoms with Gasteiger partial charge in [-0.3, -0.25) is 4.79 Å². The lowest BCUT2D eigenvalue weighted by Crippen LogP contribution is -2.10. The number of nitrogens with zero attached hydrogens (tertiary/aromatic N) is 1. The van der Waals surface area contributed by atoms with Gasteiger partial charge < -0.3 is 9.64 Å². The summed E-state index contributed by atoms with van der Waals surface area (Å²) < 4.78 is 4.91. The number of carbonyl (C=O) groups excluding carboxylic acids is 1. The van der Waals surface area contributed by atoms with Gasteiger partial charge in [-0.05, 0) is 26.1 Å². The Hall–Kier alpha value is -1.35. The van der Waals surface area contributed by atoms with Crippen molar-refractivity contribution in [2.24, 2.45) is 0 Å². The number of hydrogen-bond acceptors (Lipinski definition) is 3. The van der Waals surface area contributed by atoms with Crippen LogP contribution < -0.4 is 0 Å². The summed E-state index contributed by atoms with van der Waals surface area (Å²) in [7, 11) is 4.15. The number of hydrogen-bond donors (Lipinski definition) is 0. The molecule has 30 heavy (non-hydrogen) atoms. The van der Waals surface area contributed by atoms with Crippen molar-refractivity contribution in [3.05, 3.63) is 35.9 Å². The molecule has 0 aliphatic carbocycles. The van der Waals surface area contributed by atoms with Crippen LogP contribution in [-0.2, 0) is 16.1 Å². The van der Waals surface area contributed by atoms with Gasteiger partial charge in [0.1, 0.15) is 0 Å². The van der Waals surface area contributed by atoms with E-state index in [1.807, 2.05) is 6.07 Å². The number of rotatable bonds is 17. The molecule has 0 atom stereocenters. The van der Waals surface area contributed by atoms with Gasteiger partial charge in [0.15, 0.2) is 0 Å². The highest BCUT2D eigenvalue weighted by Crippen LogP contribution is 2.12. The molecule has 0 aliphatic rings. The third-order valence-electron chi connectivity index (χ3n) is 5.14. The summed E-state index contributed by atoms with van der Waals surface area (Å²) in [5.74, 6) is -0.153. The smallest absolute Gasteiger partial charge is 0.302 e. The predicted octanol–water partition coefficient (Wildman–Crippen LogP) is 7.78. The molecule has 0 aliphatic heterocycles. The molecule has 0 N–H and O–H groups in total. The third-order valence-corrected chi connectivity index (χ3v) is 5.14. The fourth-order valence-electron chi connectivity index (χ4n) is 3.46. The van der Waals surface area contributed by atoms with Crippen molar-refractivity contribution in [1.82, 2.24) is 4.90 Å². The topological polar surface area (TPSA) is 29.5 Å². The van der Waals surface area contributed by atoms with Crippen LogP contribution in [0.2, 0.25) is 0 Å². The van der Waals surface area contributed by atoms with Crippen LogP contribution in [0.1, 0.15) is 109 Å². The molecule has 1 aromatic carbocycles. The average molecular weight is 420 g/mol. The Morgan fingerprint density at radius 3 is 1.57 bits per heavy atom.